The van der Waals surface area contributed by atoms with Crippen LogP contribution >= 0.6 is 0 Å². The second-order valence-corrected chi connectivity index (χ2v) is 5.94. The number of urea groups is 1. The molecule has 0 radical (unpaired) electrons. The first kappa shape index (κ1) is 14.2. The van der Waals surface area contributed by atoms with Crippen LogP contribution in [0, 0.1) is 5.92 Å². The summed E-state index contributed by atoms with van der Waals surface area (Å²) in [5.74, 6) is -0.314. The van der Waals surface area contributed by atoms with Crippen LogP contribution in [0.25, 0.3) is 0 Å². The predicted molar refractivity (Wildman–Crippen MR) is 71.9 cm³/mol. The zero-order valence-electron chi connectivity index (χ0n) is 11.6. The molecule has 0 aromatic rings. The monoisotopic (exact) mass is 268 g/mol. The van der Waals surface area contributed by atoms with E-state index in [2.05, 4.69) is 17.6 Å². The number of rotatable bonds is 5. The van der Waals surface area contributed by atoms with Crippen LogP contribution in [-0.4, -0.2) is 28.7 Å². The maximum absolute atomic E-state index is 11.9. The van der Waals surface area contributed by atoms with Crippen LogP contribution in [0.3, 0.4) is 0 Å². The molecule has 2 atom stereocenters. The highest BCUT2D eigenvalue weighted by Gasteiger charge is 2.43. The van der Waals surface area contributed by atoms with E-state index in [-0.39, 0.29) is 12.1 Å². The summed E-state index contributed by atoms with van der Waals surface area (Å²) in [6.45, 7) is 2.14. The highest BCUT2D eigenvalue weighted by molar-refractivity contribution is 5.86. The fourth-order valence-corrected chi connectivity index (χ4v) is 3.08. The summed E-state index contributed by atoms with van der Waals surface area (Å²) in [7, 11) is 0. The van der Waals surface area contributed by atoms with Gasteiger partial charge in [-0.15, -0.1) is 0 Å². The van der Waals surface area contributed by atoms with Crippen molar-refractivity contribution in [3.63, 3.8) is 0 Å². The molecule has 2 aliphatic carbocycles. The van der Waals surface area contributed by atoms with Crippen molar-refractivity contribution in [1.82, 2.24) is 10.6 Å². The first-order valence-corrected chi connectivity index (χ1v) is 7.39. The maximum atomic E-state index is 11.9. The zero-order valence-corrected chi connectivity index (χ0v) is 11.6. The average Bonchev–Trinajstić information content (AvgIpc) is 3.08. The van der Waals surface area contributed by atoms with Gasteiger partial charge in [-0.3, -0.25) is 0 Å². The third kappa shape index (κ3) is 3.39. The molecule has 0 saturated heterocycles. The third-order valence-corrected chi connectivity index (χ3v) is 4.37. The van der Waals surface area contributed by atoms with Gasteiger partial charge in [0.2, 0.25) is 0 Å². The summed E-state index contributed by atoms with van der Waals surface area (Å²) in [5.41, 5.74) is -1.04. The lowest BCUT2D eigenvalue weighted by atomic mass is 9.82. The van der Waals surface area contributed by atoms with Crippen molar-refractivity contribution in [1.29, 1.82) is 0 Å². The normalized spacial score (nSPS) is 28.5. The Kier molecular flexibility index (Phi) is 4.32. The molecule has 5 nitrogen and oxygen atoms in total. The van der Waals surface area contributed by atoms with Crippen LogP contribution in [0.15, 0.2) is 0 Å². The molecule has 108 valence electrons. The summed E-state index contributed by atoms with van der Waals surface area (Å²) in [6.07, 6.45) is 7.17. The van der Waals surface area contributed by atoms with Crippen LogP contribution in [0.2, 0.25) is 0 Å². The first-order valence-electron chi connectivity index (χ1n) is 7.39. The molecule has 0 bridgehead atoms. The van der Waals surface area contributed by atoms with Gasteiger partial charge in [-0.2, -0.15) is 0 Å². The minimum Gasteiger partial charge on any atom is -0.480 e. The fraction of sp³-hybridized carbons (Fsp3) is 0.857. The number of carbonyl (C=O) groups is 2. The van der Waals surface area contributed by atoms with E-state index in [0.29, 0.717) is 18.8 Å². The van der Waals surface area contributed by atoms with E-state index < -0.39 is 11.5 Å². The van der Waals surface area contributed by atoms with Crippen molar-refractivity contribution < 1.29 is 14.7 Å². The van der Waals surface area contributed by atoms with Crippen LogP contribution in [0.4, 0.5) is 4.79 Å². The lowest BCUT2D eigenvalue weighted by Crippen LogP contribution is -2.58. The predicted octanol–water partition coefficient (Wildman–Crippen LogP) is 2.26. The average molecular weight is 268 g/mol. The largest absolute Gasteiger partial charge is 0.480 e. The molecule has 0 aromatic heterocycles. The van der Waals surface area contributed by atoms with E-state index in [4.69, 9.17) is 0 Å². The molecule has 3 N–H and O–H groups in total. The van der Waals surface area contributed by atoms with Gasteiger partial charge in [-0.1, -0.05) is 32.6 Å². The molecule has 5 heteroatoms. The van der Waals surface area contributed by atoms with E-state index >= 15 is 0 Å². The number of carboxylic acids is 1. The number of nitrogens with one attached hydrogen (secondary N) is 2. The Morgan fingerprint density at radius 1 is 1.26 bits per heavy atom. The van der Waals surface area contributed by atoms with Crippen molar-refractivity contribution >= 4 is 12.0 Å². The van der Waals surface area contributed by atoms with E-state index in [1.165, 1.54) is 0 Å². The molecule has 2 amide bonds. The number of aliphatic carboxylic acids is 1. The number of hydrogen-bond acceptors (Lipinski definition) is 2. The topological polar surface area (TPSA) is 78.4 Å². The van der Waals surface area contributed by atoms with E-state index in [1.54, 1.807) is 0 Å². The Bertz CT molecular complexity index is 351. The molecule has 0 aliphatic heterocycles. The summed E-state index contributed by atoms with van der Waals surface area (Å²) < 4.78 is 0. The standard InChI is InChI=1S/C14H24N2O3/c1-2-6-10-9-11(10)15-13(19)16-14(12(17)18)7-4-3-5-8-14/h10-11H,2-9H2,1H3,(H,17,18)(H2,15,16,19). The molecule has 2 fully saturated rings. The van der Waals surface area contributed by atoms with Crippen molar-refractivity contribution in [2.75, 3.05) is 0 Å². The molecule has 0 aromatic carbocycles. The van der Waals surface area contributed by atoms with Gasteiger partial charge in [0.15, 0.2) is 0 Å². The molecule has 0 spiro atoms. The molecule has 2 saturated carbocycles. The summed E-state index contributed by atoms with van der Waals surface area (Å²) >= 11 is 0. The van der Waals surface area contributed by atoms with E-state index in [1.807, 2.05) is 0 Å². The lowest BCUT2D eigenvalue weighted by molar-refractivity contribution is -0.145. The Balaban J connectivity index is 1.84. The maximum Gasteiger partial charge on any atom is 0.329 e. The smallest absolute Gasteiger partial charge is 0.329 e. The van der Waals surface area contributed by atoms with E-state index in [9.17, 15) is 14.7 Å². The fourth-order valence-electron chi connectivity index (χ4n) is 3.08. The highest BCUT2D eigenvalue weighted by Crippen LogP contribution is 2.34. The van der Waals surface area contributed by atoms with Gasteiger partial charge in [-0.05, 0) is 31.6 Å². The Labute approximate surface area is 114 Å². The van der Waals surface area contributed by atoms with Gasteiger partial charge in [0.05, 0.1) is 0 Å². The number of hydrogen-bond donors (Lipinski definition) is 3. The quantitative estimate of drug-likeness (QED) is 0.715. The van der Waals surface area contributed by atoms with Gasteiger partial charge in [0.1, 0.15) is 5.54 Å². The van der Waals surface area contributed by atoms with Gasteiger partial charge in [0, 0.05) is 6.04 Å². The van der Waals surface area contributed by atoms with Gasteiger partial charge < -0.3 is 15.7 Å². The third-order valence-electron chi connectivity index (χ3n) is 4.37. The molecule has 2 rings (SSSR count). The Hall–Kier alpha value is -1.26. The number of carbonyl (C=O) groups excluding carboxylic acids is 1. The molecular formula is C14H24N2O3. The van der Waals surface area contributed by atoms with Crippen LogP contribution in [0.1, 0.15) is 58.3 Å². The van der Waals surface area contributed by atoms with Crippen molar-refractivity contribution in [3.8, 4) is 0 Å². The second kappa shape index (κ2) is 5.80. The summed E-state index contributed by atoms with van der Waals surface area (Å²) in [5, 5.41) is 15.0. The lowest BCUT2D eigenvalue weighted by Gasteiger charge is -2.33. The minimum absolute atomic E-state index is 0.245. The van der Waals surface area contributed by atoms with Crippen LogP contribution in [0.5, 0.6) is 0 Å². The van der Waals surface area contributed by atoms with E-state index in [0.717, 1.165) is 38.5 Å². The summed E-state index contributed by atoms with van der Waals surface area (Å²) in [6, 6.07) is -0.0673. The molecule has 0 heterocycles. The van der Waals surface area contributed by atoms with Gasteiger partial charge >= 0.3 is 12.0 Å². The number of carboxylic acid groups (broad SMARTS) is 1. The first-order chi connectivity index (χ1) is 9.07. The molecule has 2 unspecified atom stereocenters. The SMILES string of the molecule is CCCC1CC1NC(=O)NC1(C(=O)O)CCCCC1. The molecule has 19 heavy (non-hydrogen) atoms. The number of amides is 2. The van der Waals surface area contributed by atoms with Crippen LogP contribution < -0.4 is 10.6 Å². The Morgan fingerprint density at radius 3 is 2.53 bits per heavy atom. The minimum atomic E-state index is -1.04. The van der Waals surface area contributed by atoms with Crippen LogP contribution in [-0.2, 0) is 4.79 Å². The second-order valence-electron chi connectivity index (χ2n) is 5.94. The van der Waals surface area contributed by atoms with Gasteiger partial charge in [0.25, 0.3) is 0 Å². The van der Waals surface area contributed by atoms with Crippen molar-refractivity contribution in [2.45, 2.75) is 69.9 Å². The highest BCUT2D eigenvalue weighted by atomic mass is 16.4. The van der Waals surface area contributed by atoms with Gasteiger partial charge in [-0.25, -0.2) is 9.59 Å². The molecular weight excluding hydrogens is 244 g/mol. The molecule has 2 aliphatic rings. The zero-order chi connectivity index (χ0) is 13.9. The summed E-state index contributed by atoms with van der Waals surface area (Å²) in [4.78, 5) is 23.4. The Morgan fingerprint density at radius 2 is 1.95 bits per heavy atom. The van der Waals surface area contributed by atoms with Crippen molar-refractivity contribution in [3.05, 3.63) is 0 Å². The van der Waals surface area contributed by atoms with Crippen molar-refractivity contribution in [2.24, 2.45) is 5.92 Å².